The van der Waals surface area contributed by atoms with Gasteiger partial charge in [0.1, 0.15) is 0 Å². The van der Waals surface area contributed by atoms with Crippen molar-refractivity contribution in [3.63, 3.8) is 0 Å². The third-order valence-electron chi connectivity index (χ3n) is 5.17. The van der Waals surface area contributed by atoms with Crippen molar-refractivity contribution < 1.29 is 14.3 Å². The number of aromatic amines is 1. The van der Waals surface area contributed by atoms with Gasteiger partial charge in [0.05, 0.1) is 31.4 Å². The number of carbonyl (C=O) groups is 2. The van der Waals surface area contributed by atoms with Gasteiger partial charge in [-0.05, 0) is 19.4 Å². The first kappa shape index (κ1) is 18.8. The number of nitrogens with zero attached hydrogens (tertiary/aromatic N) is 4. The molecule has 2 saturated heterocycles. The number of likely N-dealkylation sites (tertiary alicyclic amines) is 1. The zero-order valence-electron chi connectivity index (χ0n) is 15.7. The Morgan fingerprint density at radius 2 is 2.15 bits per heavy atom. The molecule has 2 aliphatic rings. The van der Waals surface area contributed by atoms with Crippen LogP contribution in [-0.2, 0) is 20.9 Å². The molecule has 3 heterocycles. The number of aryl methyl sites for hydroxylation is 1. The number of morpholine rings is 1. The van der Waals surface area contributed by atoms with Crippen molar-refractivity contribution in [2.45, 2.75) is 26.3 Å². The maximum Gasteiger partial charge on any atom is 0.227 e. The topological polar surface area (TPSA) is 81.8 Å². The fourth-order valence-corrected chi connectivity index (χ4v) is 3.61. The van der Waals surface area contributed by atoms with Gasteiger partial charge in [0.25, 0.3) is 0 Å². The van der Waals surface area contributed by atoms with E-state index in [-0.39, 0.29) is 17.7 Å². The van der Waals surface area contributed by atoms with Crippen LogP contribution in [0, 0.1) is 12.8 Å². The minimum Gasteiger partial charge on any atom is -0.379 e. The van der Waals surface area contributed by atoms with E-state index >= 15 is 0 Å². The third-order valence-corrected chi connectivity index (χ3v) is 5.17. The molecule has 2 amide bonds. The Morgan fingerprint density at radius 3 is 2.85 bits per heavy atom. The molecule has 1 aromatic rings. The first-order valence-corrected chi connectivity index (χ1v) is 9.36. The molecule has 8 heteroatoms. The van der Waals surface area contributed by atoms with Crippen LogP contribution in [0.4, 0.5) is 0 Å². The van der Waals surface area contributed by atoms with Crippen LogP contribution in [0.25, 0.3) is 0 Å². The van der Waals surface area contributed by atoms with E-state index in [0.717, 1.165) is 44.2 Å². The number of H-pyrrole nitrogens is 1. The molecular formula is C18H29N5O3. The summed E-state index contributed by atoms with van der Waals surface area (Å²) in [6.07, 6.45) is 1.09. The predicted molar refractivity (Wildman–Crippen MR) is 96.4 cm³/mol. The molecule has 8 nitrogen and oxygen atoms in total. The summed E-state index contributed by atoms with van der Waals surface area (Å²) in [5.74, 6) is 0.129. The molecule has 0 saturated carbocycles. The lowest BCUT2D eigenvalue weighted by atomic mass is 9.96. The van der Waals surface area contributed by atoms with Crippen LogP contribution < -0.4 is 0 Å². The van der Waals surface area contributed by atoms with Gasteiger partial charge in [0.2, 0.25) is 11.8 Å². The number of nitrogens with one attached hydrogen (secondary N) is 1. The summed E-state index contributed by atoms with van der Waals surface area (Å²) in [6.45, 7) is 7.82. The fourth-order valence-electron chi connectivity index (χ4n) is 3.61. The zero-order chi connectivity index (χ0) is 18.5. The molecular weight excluding hydrogens is 334 g/mol. The van der Waals surface area contributed by atoms with Crippen molar-refractivity contribution >= 4 is 11.8 Å². The summed E-state index contributed by atoms with van der Waals surface area (Å²) in [7, 11) is 1.81. The highest BCUT2D eigenvalue weighted by molar-refractivity contribution is 5.83. The minimum atomic E-state index is -0.123. The average Bonchev–Trinajstić information content (AvgIpc) is 3.06. The molecule has 1 N–H and O–H groups in total. The Balaban J connectivity index is 1.50. The van der Waals surface area contributed by atoms with E-state index in [1.807, 2.05) is 17.9 Å². The van der Waals surface area contributed by atoms with E-state index in [1.165, 1.54) is 0 Å². The third kappa shape index (κ3) is 4.82. The van der Waals surface area contributed by atoms with Gasteiger partial charge in [-0.2, -0.15) is 5.10 Å². The van der Waals surface area contributed by atoms with E-state index in [1.54, 1.807) is 11.9 Å². The van der Waals surface area contributed by atoms with Crippen molar-refractivity contribution in [1.29, 1.82) is 0 Å². The standard InChI is InChI=1S/C18H29N5O3/c1-14-11-16(20-19-14)13-21(2)18(25)15-3-4-17(24)23(12-15)6-5-22-7-9-26-10-8-22/h11,15H,3-10,12-13H2,1-2H3,(H,19,20)/t15-/m1/s1. The smallest absolute Gasteiger partial charge is 0.227 e. The Morgan fingerprint density at radius 1 is 1.38 bits per heavy atom. The van der Waals surface area contributed by atoms with Crippen LogP contribution in [0.15, 0.2) is 6.07 Å². The van der Waals surface area contributed by atoms with Gasteiger partial charge in [0, 0.05) is 51.9 Å². The number of hydrogen-bond acceptors (Lipinski definition) is 5. The second kappa shape index (κ2) is 8.64. The molecule has 0 radical (unpaired) electrons. The van der Waals surface area contributed by atoms with Gasteiger partial charge in [-0.15, -0.1) is 0 Å². The molecule has 0 aromatic carbocycles. The number of rotatable bonds is 6. The van der Waals surface area contributed by atoms with Gasteiger partial charge in [0.15, 0.2) is 0 Å². The first-order chi connectivity index (χ1) is 12.5. The molecule has 0 bridgehead atoms. The van der Waals surface area contributed by atoms with Crippen LogP contribution in [0.3, 0.4) is 0 Å². The van der Waals surface area contributed by atoms with E-state index in [9.17, 15) is 9.59 Å². The van der Waals surface area contributed by atoms with Crippen molar-refractivity contribution in [3.8, 4) is 0 Å². The van der Waals surface area contributed by atoms with E-state index in [2.05, 4.69) is 15.1 Å². The van der Waals surface area contributed by atoms with Gasteiger partial charge in [-0.25, -0.2) is 0 Å². The number of piperidine rings is 1. The van der Waals surface area contributed by atoms with E-state index in [4.69, 9.17) is 4.74 Å². The highest BCUT2D eigenvalue weighted by Crippen LogP contribution is 2.20. The van der Waals surface area contributed by atoms with Gasteiger partial charge in [-0.1, -0.05) is 0 Å². The van der Waals surface area contributed by atoms with Crippen molar-refractivity contribution in [2.75, 3.05) is 53.0 Å². The van der Waals surface area contributed by atoms with E-state index in [0.29, 0.717) is 32.5 Å². The van der Waals surface area contributed by atoms with E-state index < -0.39 is 0 Å². The largest absolute Gasteiger partial charge is 0.379 e. The lowest BCUT2D eigenvalue weighted by molar-refractivity contribution is -0.142. The number of aromatic nitrogens is 2. The van der Waals surface area contributed by atoms with Gasteiger partial charge in [-0.3, -0.25) is 19.6 Å². The summed E-state index contributed by atoms with van der Waals surface area (Å²) in [6, 6.07) is 1.95. The lowest BCUT2D eigenvalue weighted by Crippen LogP contribution is -2.49. The minimum absolute atomic E-state index is 0.0922. The molecule has 26 heavy (non-hydrogen) atoms. The maximum absolute atomic E-state index is 12.8. The summed E-state index contributed by atoms with van der Waals surface area (Å²) in [5.41, 5.74) is 1.84. The molecule has 1 aromatic heterocycles. The number of carbonyl (C=O) groups excluding carboxylic acids is 2. The van der Waals surface area contributed by atoms with Gasteiger partial charge >= 0.3 is 0 Å². The lowest BCUT2D eigenvalue weighted by Gasteiger charge is -2.35. The number of amides is 2. The fraction of sp³-hybridized carbons (Fsp3) is 0.722. The maximum atomic E-state index is 12.8. The van der Waals surface area contributed by atoms with Crippen molar-refractivity contribution in [2.24, 2.45) is 5.92 Å². The molecule has 2 aliphatic heterocycles. The first-order valence-electron chi connectivity index (χ1n) is 9.36. The Bertz CT molecular complexity index is 626. The second-order valence-corrected chi connectivity index (χ2v) is 7.27. The molecule has 0 unspecified atom stereocenters. The predicted octanol–water partition coefficient (Wildman–Crippen LogP) is 0.247. The molecule has 144 valence electrons. The van der Waals surface area contributed by atoms with Crippen molar-refractivity contribution in [3.05, 3.63) is 17.5 Å². The van der Waals surface area contributed by atoms with Crippen LogP contribution in [0.2, 0.25) is 0 Å². The zero-order valence-corrected chi connectivity index (χ0v) is 15.7. The van der Waals surface area contributed by atoms with Crippen LogP contribution in [0.1, 0.15) is 24.2 Å². The Kier molecular flexibility index (Phi) is 6.26. The quantitative estimate of drug-likeness (QED) is 0.783. The highest BCUT2D eigenvalue weighted by atomic mass is 16.5. The Labute approximate surface area is 154 Å². The second-order valence-electron chi connectivity index (χ2n) is 7.27. The molecule has 2 fully saturated rings. The molecule has 1 atom stereocenters. The summed E-state index contributed by atoms with van der Waals surface area (Å²) in [5, 5.41) is 7.09. The molecule has 3 rings (SSSR count). The van der Waals surface area contributed by atoms with Crippen molar-refractivity contribution in [1.82, 2.24) is 24.9 Å². The molecule has 0 spiro atoms. The Hall–Kier alpha value is -1.93. The SMILES string of the molecule is Cc1cc(CN(C)C(=O)[C@@H]2CCC(=O)N(CCN3CCOCC3)C2)n[nH]1. The number of ether oxygens (including phenoxy) is 1. The van der Waals surface area contributed by atoms with Crippen LogP contribution in [-0.4, -0.2) is 89.7 Å². The monoisotopic (exact) mass is 363 g/mol. The summed E-state index contributed by atoms with van der Waals surface area (Å²) >= 11 is 0. The normalized spacial score (nSPS) is 21.8. The average molecular weight is 363 g/mol. The highest BCUT2D eigenvalue weighted by Gasteiger charge is 2.32. The molecule has 0 aliphatic carbocycles. The van der Waals surface area contributed by atoms with Crippen LogP contribution >= 0.6 is 0 Å². The van der Waals surface area contributed by atoms with Crippen LogP contribution in [0.5, 0.6) is 0 Å². The number of hydrogen-bond donors (Lipinski definition) is 1. The summed E-state index contributed by atoms with van der Waals surface area (Å²) < 4.78 is 5.36. The summed E-state index contributed by atoms with van der Waals surface area (Å²) in [4.78, 5) is 30.9. The van der Waals surface area contributed by atoms with Gasteiger partial charge < -0.3 is 14.5 Å².